The van der Waals surface area contributed by atoms with Gasteiger partial charge in [-0.3, -0.25) is 4.79 Å². The molecule has 0 aliphatic heterocycles. The molecule has 0 heterocycles. The highest BCUT2D eigenvalue weighted by Crippen LogP contribution is 2.25. The quantitative estimate of drug-likeness (QED) is 0.695. The minimum Gasteiger partial charge on any atom is -0.478 e. The second kappa shape index (κ2) is 6.13. The summed E-state index contributed by atoms with van der Waals surface area (Å²) in [5.41, 5.74) is -0.00787. The molecule has 0 saturated heterocycles. The first-order valence-corrected chi connectivity index (χ1v) is 5.95. The van der Waals surface area contributed by atoms with E-state index in [2.05, 4.69) is 4.74 Å². The summed E-state index contributed by atoms with van der Waals surface area (Å²) < 4.78 is 31.4. The Bertz CT molecular complexity index is 684. The average molecular weight is 292 g/mol. The maximum Gasteiger partial charge on any atom is 0.339 e. The molecule has 0 aliphatic carbocycles. The summed E-state index contributed by atoms with van der Waals surface area (Å²) in [7, 11) is 0. The number of hydrogen-bond donors (Lipinski definition) is 1. The standard InChI is InChI=1S/C15H10F2O4/c16-11-7-6-10(15(19)20)14(13(11)17)21-12(18)8-9-4-2-1-3-5-9/h1-7H,8H2,(H,19,20). The second-order valence-electron chi connectivity index (χ2n) is 4.18. The lowest BCUT2D eigenvalue weighted by Gasteiger charge is -2.09. The molecular weight excluding hydrogens is 282 g/mol. The van der Waals surface area contributed by atoms with E-state index in [0.29, 0.717) is 11.6 Å². The first kappa shape index (κ1) is 14.6. The van der Waals surface area contributed by atoms with Crippen molar-refractivity contribution in [2.75, 3.05) is 0 Å². The molecule has 6 heteroatoms. The van der Waals surface area contributed by atoms with Crippen molar-refractivity contribution in [1.29, 1.82) is 0 Å². The van der Waals surface area contributed by atoms with E-state index in [9.17, 15) is 18.4 Å². The molecule has 0 unspecified atom stereocenters. The smallest absolute Gasteiger partial charge is 0.339 e. The number of halogens is 2. The van der Waals surface area contributed by atoms with Gasteiger partial charge in [-0.15, -0.1) is 0 Å². The minimum atomic E-state index is -1.52. The molecule has 0 atom stereocenters. The number of benzene rings is 2. The molecule has 0 saturated carbocycles. The molecule has 0 bridgehead atoms. The van der Waals surface area contributed by atoms with Gasteiger partial charge >= 0.3 is 11.9 Å². The fourth-order valence-corrected chi connectivity index (χ4v) is 1.71. The second-order valence-corrected chi connectivity index (χ2v) is 4.18. The van der Waals surface area contributed by atoms with Crippen LogP contribution in [0.15, 0.2) is 42.5 Å². The summed E-state index contributed by atoms with van der Waals surface area (Å²) >= 11 is 0. The lowest BCUT2D eigenvalue weighted by atomic mass is 10.1. The van der Waals surface area contributed by atoms with Crippen molar-refractivity contribution in [2.24, 2.45) is 0 Å². The maximum atomic E-state index is 13.6. The Balaban J connectivity index is 2.24. The van der Waals surface area contributed by atoms with Crippen molar-refractivity contribution in [3.8, 4) is 5.75 Å². The fraction of sp³-hybridized carbons (Fsp3) is 0.0667. The molecule has 1 N–H and O–H groups in total. The molecule has 108 valence electrons. The third kappa shape index (κ3) is 3.42. The van der Waals surface area contributed by atoms with Crippen LogP contribution in [0.3, 0.4) is 0 Å². The fourth-order valence-electron chi connectivity index (χ4n) is 1.71. The average Bonchev–Trinajstić information content (AvgIpc) is 2.44. The van der Waals surface area contributed by atoms with Gasteiger partial charge in [0.05, 0.1) is 6.42 Å². The lowest BCUT2D eigenvalue weighted by molar-refractivity contribution is -0.133. The van der Waals surface area contributed by atoms with E-state index in [1.165, 1.54) is 0 Å². The maximum absolute atomic E-state index is 13.6. The molecule has 0 aromatic heterocycles. The van der Waals surface area contributed by atoms with Crippen LogP contribution in [0.2, 0.25) is 0 Å². The van der Waals surface area contributed by atoms with Gasteiger partial charge in [-0.25, -0.2) is 9.18 Å². The zero-order valence-corrected chi connectivity index (χ0v) is 10.7. The van der Waals surface area contributed by atoms with Gasteiger partial charge in [0.15, 0.2) is 11.6 Å². The number of carbonyl (C=O) groups excluding carboxylic acids is 1. The Morgan fingerprint density at radius 3 is 2.33 bits per heavy atom. The van der Waals surface area contributed by atoms with E-state index < -0.39 is 34.9 Å². The van der Waals surface area contributed by atoms with Crippen LogP contribution in [-0.4, -0.2) is 17.0 Å². The highest BCUT2D eigenvalue weighted by molar-refractivity contribution is 5.92. The molecule has 2 aromatic carbocycles. The van der Waals surface area contributed by atoms with Crippen LogP contribution in [-0.2, 0) is 11.2 Å². The number of carbonyl (C=O) groups is 2. The summed E-state index contributed by atoms with van der Waals surface area (Å²) in [6.45, 7) is 0. The van der Waals surface area contributed by atoms with Crippen molar-refractivity contribution in [3.63, 3.8) is 0 Å². The molecule has 0 fully saturated rings. The van der Waals surface area contributed by atoms with Crippen molar-refractivity contribution < 1.29 is 28.2 Å². The van der Waals surface area contributed by atoms with E-state index >= 15 is 0 Å². The van der Waals surface area contributed by atoms with Crippen LogP contribution in [0.4, 0.5) is 8.78 Å². The monoisotopic (exact) mass is 292 g/mol. The molecule has 0 amide bonds. The van der Waals surface area contributed by atoms with E-state index in [0.717, 1.165) is 6.07 Å². The summed E-state index contributed by atoms with van der Waals surface area (Å²) in [6.07, 6.45) is -0.185. The lowest BCUT2D eigenvalue weighted by Crippen LogP contribution is -2.15. The number of hydrogen-bond acceptors (Lipinski definition) is 3. The summed E-state index contributed by atoms with van der Waals surface area (Å²) in [5, 5.41) is 8.90. The Morgan fingerprint density at radius 2 is 1.71 bits per heavy atom. The predicted octanol–water partition coefficient (Wildman–Crippen LogP) is 2.81. The van der Waals surface area contributed by atoms with E-state index in [1.807, 2.05) is 0 Å². The Hall–Kier alpha value is -2.76. The Morgan fingerprint density at radius 1 is 1.05 bits per heavy atom. The number of rotatable bonds is 4. The van der Waals surface area contributed by atoms with Gasteiger partial charge in [0, 0.05) is 0 Å². The largest absolute Gasteiger partial charge is 0.478 e. The molecule has 2 rings (SSSR count). The predicted molar refractivity (Wildman–Crippen MR) is 69.1 cm³/mol. The zero-order valence-electron chi connectivity index (χ0n) is 10.7. The van der Waals surface area contributed by atoms with Gasteiger partial charge in [0.1, 0.15) is 5.56 Å². The van der Waals surface area contributed by atoms with Crippen molar-refractivity contribution >= 4 is 11.9 Å². The van der Waals surface area contributed by atoms with E-state index in [4.69, 9.17) is 5.11 Å². The van der Waals surface area contributed by atoms with Gasteiger partial charge in [-0.2, -0.15) is 4.39 Å². The van der Waals surface area contributed by atoms with E-state index in [1.54, 1.807) is 30.3 Å². The molecule has 21 heavy (non-hydrogen) atoms. The van der Waals surface area contributed by atoms with E-state index in [-0.39, 0.29) is 6.42 Å². The van der Waals surface area contributed by atoms with Crippen LogP contribution < -0.4 is 4.74 Å². The molecular formula is C15H10F2O4. The minimum absolute atomic E-state index is 0.185. The number of esters is 1. The van der Waals surface area contributed by atoms with Crippen molar-refractivity contribution in [2.45, 2.75) is 6.42 Å². The first-order chi connectivity index (χ1) is 9.99. The number of carboxylic acid groups (broad SMARTS) is 1. The van der Waals surface area contributed by atoms with Crippen LogP contribution in [0.25, 0.3) is 0 Å². The molecule has 2 aromatic rings. The van der Waals surface area contributed by atoms with Gasteiger partial charge in [-0.05, 0) is 17.7 Å². The van der Waals surface area contributed by atoms with Gasteiger partial charge in [0.2, 0.25) is 5.82 Å². The summed E-state index contributed by atoms with van der Waals surface area (Å²) in [4.78, 5) is 22.7. The number of carboxylic acids is 1. The molecule has 0 radical (unpaired) electrons. The molecule has 0 aliphatic rings. The summed E-state index contributed by atoms with van der Waals surface area (Å²) in [6, 6.07) is 9.97. The van der Waals surface area contributed by atoms with Gasteiger partial charge in [0.25, 0.3) is 0 Å². The van der Waals surface area contributed by atoms with Gasteiger partial charge in [-0.1, -0.05) is 30.3 Å². The number of aromatic carboxylic acids is 1. The Kier molecular flexibility index (Phi) is 4.27. The zero-order chi connectivity index (χ0) is 15.4. The highest BCUT2D eigenvalue weighted by atomic mass is 19.2. The van der Waals surface area contributed by atoms with Crippen LogP contribution in [0.1, 0.15) is 15.9 Å². The van der Waals surface area contributed by atoms with Crippen molar-refractivity contribution in [3.05, 3.63) is 65.2 Å². The number of ether oxygens (including phenoxy) is 1. The Labute approximate surface area is 118 Å². The topological polar surface area (TPSA) is 63.6 Å². The van der Waals surface area contributed by atoms with Crippen LogP contribution >= 0.6 is 0 Å². The van der Waals surface area contributed by atoms with Crippen LogP contribution in [0.5, 0.6) is 5.75 Å². The normalized spacial score (nSPS) is 10.2. The van der Waals surface area contributed by atoms with Crippen LogP contribution in [0, 0.1) is 11.6 Å². The molecule has 0 spiro atoms. The first-order valence-electron chi connectivity index (χ1n) is 5.95. The van der Waals surface area contributed by atoms with Gasteiger partial charge < -0.3 is 9.84 Å². The summed E-state index contributed by atoms with van der Waals surface area (Å²) in [5.74, 6) is -6.10. The SMILES string of the molecule is O=C(Cc1ccccc1)Oc1c(C(=O)O)ccc(F)c1F. The third-order valence-corrected chi connectivity index (χ3v) is 2.69. The molecule has 4 nitrogen and oxygen atoms in total. The third-order valence-electron chi connectivity index (χ3n) is 2.69. The highest BCUT2D eigenvalue weighted by Gasteiger charge is 2.22. The van der Waals surface area contributed by atoms with Crippen molar-refractivity contribution in [1.82, 2.24) is 0 Å².